The molecule has 0 aliphatic carbocycles. The van der Waals surface area contributed by atoms with Crippen molar-refractivity contribution in [2.24, 2.45) is 0 Å². The van der Waals surface area contributed by atoms with Crippen LogP contribution in [0.15, 0.2) is 30.6 Å². The first-order valence-electron chi connectivity index (χ1n) is 10.9. The van der Waals surface area contributed by atoms with Crippen LogP contribution in [0.5, 0.6) is 6.01 Å². The van der Waals surface area contributed by atoms with Crippen LogP contribution in [0.2, 0.25) is 0 Å². The van der Waals surface area contributed by atoms with Crippen molar-refractivity contribution in [3.8, 4) is 6.01 Å². The van der Waals surface area contributed by atoms with Crippen molar-refractivity contribution in [1.29, 1.82) is 0 Å². The summed E-state index contributed by atoms with van der Waals surface area (Å²) in [5.41, 5.74) is 3.70. The van der Waals surface area contributed by atoms with E-state index in [0.29, 0.717) is 18.7 Å². The molecule has 168 valence electrons. The molecule has 2 heterocycles. The lowest BCUT2D eigenvalue weighted by Gasteiger charge is -2.34. The third-order valence-electron chi connectivity index (χ3n) is 5.70. The Morgan fingerprint density at radius 1 is 1.29 bits per heavy atom. The lowest BCUT2D eigenvalue weighted by Crippen LogP contribution is -2.37. The van der Waals surface area contributed by atoms with Crippen molar-refractivity contribution in [2.75, 3.05) is 37.1 Å². The van der Waals surface area contributed by atoms with E-state index < -0.39 is 5.97 Å². The quantitative estimate of drug-likeness (QED) is 0.581. The monoisotopic (exact) mass is 428 g/mol. The van der Waals surface area contributed by atoms with E-state index in [-0.39, 0.29) is 12.3 Å². The number of hydrogen-bond acceptors (Lipinski definition) is 7. The van der Waals surface area contributed by atoms with Crippen LogP contribution in [-0.2, 0) is 9.53 Å². The number of anilines is 3. The van der Waals surface area contributed by atoms with E-state index in [4.69, 9.17) is 9.47 Å². The molecule has 1 atom stereocenters. The fraction of sp³-hybridized carbons (Fsp3) is 0.522. The van der Waals surface area contributed by atoms with Crippen LogP contribution in [0, 0.1) is 0 Å². The molecule has 1 aromatic heterocycles. The summed E-state index contributed by atoms with van der Waals surface area (Å²) in [6.07, 6.45) is 6.19. The topological polar surface area (TPSA) is 96.8 Å². The molecule has 1 aliphatic rings. The van der Waals surface area contributed by atoms with Crippen molar-refractivity contribution in [2.45, 2.75) is 51.5 Å². The lowest BCUT2D eigenvalue weighted by atomic mass is 9.92. The molecule has 3 rings (SSSR count). The van der Waals surface area contributed by atoms with Crippen LogP contribution in [0.25, 0.3) is 0 Å². The van der Waals surface area contributed by atoms with E-state index in [0.717, 1.165) is 55.1 Å². The molecule has 2 N–H and O–H groups in total. The van der Waals surface area contributed by atoms with Crippen molar-refractivity contribution in [1.82, 2.24) is 9.97 Å². The number of rotatable bonds is 10. The molecule has 0 saturated carbocycles. The van der Waals surface area contributed by atoms with Gasteiger partial charge in [0.1, 0.15) is 0 Å². The van der Waals surface area contributed by atoms with Crippen LogP contribution in [0.4, 0.5) is 17.1 Å². The molecule has 8 heteroatoms. The second kappa shape index (κ2) is 10.9. The molecule has 0 radical (unpaired) electrons. The molecule has 1 aromatic carbocycles. The van der Waals surface area contributed by atoms with Gasteiger partial charge in [-0.1, -0.05) is 13.0 Å². The molecule has 1 saturated heterocycles. The highest BCUT2D eigenvalue weighted by Gasteiger charge is 2.22. The van der Waals surface area contributed by atoms with E-state index in [9.17, 15) is 9.90 Å². The Hall–Kier alpha value is -2.87. The van der Waals surface area contributed by atoms with Crippen LogP contribution in [0.3, 0.4) is 0 Å². The van der Waals surface area contributed by atoms with Gasteiger partial charge in [-0.3, -0.25) is 4.79 Å². The number of aromatic nitrogens is 2. The third kappa shape index (κ3) is 6.07. The highest BCUT2D eigenvalue weighted by Crippen LogP contribution is 2.35. The molecule has 0 spiro atoms. The number of hydrogen-bond donors (Lipinski definition) is 2. The van der Waals surface area contributed by atoms with E-state index >= 15 is 0 Å². The highest BCUT2D eigenvalue weighted by molar-refractivity contribution is 5.76. The van der Waals surface area contributed by atoms with Gasteiger partial charge in [-0.05, 0) is 49.8 Å². The number of aliphatic carboxylic acids is 1. The molecular weight excluding hydrogens is 396 g/mol. The normalized spacial score (nSPS) is 15.3. The number of carbonyl (C=O) groups is 1. The predicted octanol–water partition coefficient (Wildman–Crippen LogP) is 4.20. The predicted molar refractivity (Wildman–Crippen MR) is 120 cm³/mol. The van der Waals surface area contributed by atoms with Crippen molar-refractivity contribution in [3.05, 3.63) is 36.2 Å². The van der Waals surface area contributed by atoms with Gasteiger partial charge in [-0.15, -0.1) is 0 Å². The van der Waals surface area contributed by atoms with Gasteiger partial charge in [-0.25, -0.2) is 9.97 Å². The van der Waals surface area contributed by atoms with Gasteiger partial charge in [0.05, 0.1) is 42.5 Å². The van der Waals surface area contributed by atoms with Gasteiger partial charge in [-0.2, -0.15) is 0 Å². The standard InChI is InChI=1S/C23H32N4O4/c1-4-16(13-22(28)29)17-6-7-21(27(3)19-8-10-30-11-9-19)20(12-17)26-18-14-24-23(25-15-18)31-5-2/h6-7,12,14-16,19,26H,4-5,8-11,13H2,1-3H3,(H,28,29). The molecule has 2 aromatic rings. The number of ether oxygens (including phenoxy) is 2. The summed E-state index contributed by atoms with van der Waals surface area (Å²) >= 11 is 0. The Kier molecular flexibility index (Phi) is 8.06. The smallest absolute Gasteiger partial charge is 0.316 e. The second-order valence-corrected chi connectivity index (χ2v) is 7.75. The minimum Gasteiger partial charge on any atom is -0.481 e. The van der Waals surface area contributed by atoms with Gasteiger partial charge < -0.3 is 24.8 Å². The average molecular weight is 429 g/mol. The zero-order chi connectivity index (χ0) is 22.2. The molecule has 0 amide bonds. The molecule has 1 aliphatic heterocycles. The summed E-state index contributed by atoms with van der Waals surface area (Å²) in [6, 6.07) is 6.90. The van der Waals surface area contributed by atoms with Crippen LogP contribution in [-0.4, -0.2) is 54.0 Å². The first kappa shape index (κ1) is 22.8. The Balaban J connectivity index is 1.92. The molecule has 0 bridgehead atoms. The maximum atomic E-state index is 11.3. The summed E-state index contributed by atoms with van der Waals surface area (Å²) in [5.74, 6) is -0.832. The van der Waals surface area contributed by atoms with Gasteiger partial charge in [0.15, 0.2) is 0 Å². The summed E-state index contributed by atoms with van der Waals surface area (Å²) in [7, 11) is 2.10. The molecular formula is C23H32N4O4. The van der Waals surface area contributed by atoms with Crippen molar-refractivity contribution >= 4 is 23.0 Å². The third-order valence-corrected chi connectivity index (χ3v) is 5.70. The van der Waals surface area contributed by atoms with Crippen LogP contribution < -0.4 is 15.0 Å². The summed E-state index contributed by atoms with van der Waals surface area (Å²) < 4.78 is 10.8. The van der Waals surface area contributed by atoms with Crippen molar-refractivity contribution < 1.29 is 19.4 Å². The number of carboxylic acids is 1. The maximum Gasteiger partial charge on any atom is 0.316 e. The Bertz CT molecular complexity index is 853. The van der Waals surface area contributed by atoms with Gasteiger partial charge >= 0.3 is 12.0 Å². The Labute approximate surface area is 183 Å². The summed E-state index contributed by atoms with van der Waals surface area (Å²) in [4.78, 5) is 22.1. The zero-order valence-corrected chi connectivity index (χ0v) is 18.5. The molecule has 1 fully saturated rings. The molecule has 1 unspecified atom stereocenters. The molecule has 31 heavy (non-hydrogen) atoms. The van der Waals surface area contributed by atoms with Gasteiger partial charge in [0.2, 0.25) is 0 Å². The molecule has 8 nitrogen and oxygen atoms in total. The summed E-state index contributed by atoms with van der Waals surface area (Å²) in [5, 5.41) is 12.7. The second-order valence-electron chi connectivity index (χ2n) is 7.75. The number of carboxylic acid groups (broad SMARTS) is 1. The van der Waals surface area contributed by atoms with Gasteiger partial charge in [0.25, 0.3) is 0 Å². The van der Waals surface area contributed by atoms with E-state index in [1.54, 1.807) is 12.4 Å². The fourth-order valence-corrected chi connectivity index (χ4v) is 3.93. The van der Waals surface area contributed by atoms with E-state index in [2.05, 4.69) is 39.4 Å². The number of nitrogens with one attached hydrogen (secondary N) is 1. The zero-order valence-electron chi connectivity index (χ0n) is 18.5. The van der Waals surface area contributed by atoms with Crippen molar-refractivity contribution in [3.63, 3.8) is 0 Å². The van der Waals surface area contributed by atoms with Gasteiger partial charge in [0, 0.05) is 26.3 Å². The van der Waals surface area contributed by atoms with Crippen LogP contribution in [0.1, 0.15) is 51.0 Å². The highest BCUT2D eigenvalue weighted by atomic mass is 16.5. The van der Waals surface area contributed by atoms with Crippen LogP contribution >= 0.6 is 0 Å². The maximum absolute atomic E-state index is 11.3. The Morgan fingerprint density at radius 2 is 2.00 bits per heavy atom. The minimum atomic E-state index is -0.787. The Morgan fingerprint density at radius 3 is 2.61 bits per heavy atom. The number of benzene rings is 1. The first-order chi connectivity index (χ1) is 15.0. The minimum absolute atomic E-state index is 0.0444. The average Bonchev–Trinajstić information content (AvgIpc) is 2.79. The van der Waals surface area contributed by atoms with E-state index in [1.165, 1.54) is 0 Å². The largest absolute Gasteiger partial charge is 0.481 e. The first-order valence-corrected chi connectivity index (χ1v) is 10.9. The van der Waals surface area contributed by atoms with E-state index in [1.807, 2.05) is 19.9 Å². The SMILES string of the molecule is CCOc1ncc(Nc2cc(C(CC)CC(=O)O)ccc2N(C)C2CCOCC2)cn1. The summed E-state index contributed by atoms with van der Waals surface area (Å²) in [6.45, 7) is 5.94. The fourth-order valence-electron chi connectivity index (χ4n) is 3.93. The lowest BCUT2D eigenvalue weighted by molar-refractivity contribution is -0.137. The number of nitrogens with zero attached hydrogens (tertiary/aromatic N) is 3.